The molecular formula is C16H22F2N2. The summed E-state index contributed by atoms with van der Waals surface area (Å²) in [5.41, 5.74) is 0.777. The molecule has 2 fully saturated rings. The Bertz CT molecular complexity index is 483. The molecule has 1 atom stereocenters. The summed E-state index contributed by atoms with van der Waals surface area (Å²) in [6.07, 6.45) is 4.85. The van der Waals surface area contributed by atoms with Crippen LogP contribution < -0.4 is 5.32 Å². The highest BCUT2D eigenvalue weighted by Crippen LogP contribution is 2.37. The predicted molar refractivity (Wildman–Crippen MR) is 75.4 cm³/mol. The van der Waals surface area contributed by atoms with E-state index in [4.69, 9.17) is 0 Å². The van der Waals surface area contributed by atoms with E-state index in [1.165, 1.54) is 31.7 Å². The molecule has 3 rings (SSSR count). The van der Waals surface area contributed by atoms with Gasteiger partial charge in [-0.3, -0.25) is 4.90 Å². The molecule has 1 aromatic carbocycles. The maximum atomic E-state index is 13.9. The molecule has 1 N–H and O–H groups in total. The lowest BCUT2D eigenvalue weighted by atomic mass is 9.90. The Hall–Kier alpha value is -1.00. The SMILES string of the molecule is CC1CN(Cc2ccc(F)cc2F)C2(CCCC2)CN1. The van der Waals surface area contributed by atoms with Gasteiger partial charge in [0.25, 0.3) is 0 Å². The van der Waals surface area contributed by atoms with Crippen molar-refractivity contribution in [2.75, 3.05) is 13.1 Å². The molecule has 1 aliphatic heterocycles. The summed E-state index contributed by atoms with van der Waals surface area (Å²) in [4.78, 5) is 2.41. The Morgan fingerprint density at radius 3 is 2.75 bits per heavy atom. The highest BCUT2D eigenvalue weighted by Gasteiger charge is 2.42. The van der Waals surface area contributed by atoms with Crippen LogP contribution in [-0.2, 0) is 6.54 Å². The van der Waals surface area contributed by atoms with Crippen molar-refractivity contribution in [3.63, 3.8) is 0 Å². The number of hydrogen-bond donors (Lipinski definition) is 1. The lowest BCUT2D eigenvalue weighted by Crippen LogP contribution is -2.62. The monoisotopic (exact) mass is 280 g/mol. The quantitative estimate of drug-likeness (QED) is 0.895. The lowest BCUT2D eigenvalue weighted by Gasteiger charge is -2.48. The number of nitrogens with one attached hydrogen (secondary N) is 1. The van der Waals surface area contributed by atoms with Crippen LogP contribution in [0.15, 0.2) is 18.2 Å². The summed E-state index contributed by atoms with van der Waals surface area (Å²) in [6.45, 7) is 4.65. The number of halogens is 2. The number of rotatable bonds is 2. The van der Waals surface area contributed by atoms with Crippen LogP contribution in [0.5, 0.6) is 0 Å². The normalized spacial score (nSPS) is 26.2. The van der Waals surface area contributed by atoms with Crippen LogP contribution in [0.3, 0.4) is 0 Å². The molecule has 1 heterocycles. The predicted octanol–water partition coefficient (Wildman–Crippen LogP) is 3.07. The smallest absolute Gasteiger partial charge is 0.130 e. The van der Waals surface area contributed by atoms with E-state index in [1.807, 2.05) is 0 Å². The van der Waals surface area contributed by atoms with Crippen molar-refractivity contribution in [1.29, 1.82) is 0 Å². The molecule has 1 saturated carbocycles. The van der Waals surface area contributed by atoms with E-state index in [1.54, 1.807) is 6.07 Å². The topological polar surface area (TPSA) is 15.3 Å². The molecule has 1 saturated heterocycles. The van der Waals surface area contributed by atoms with Crippen LogP contribution in [0.2, 0.25) is 0 Å². The van der Waals surface area contributed by atoms with Gasteiger partial charge in [0, 0.05) is 42.8 Å². The standard InChI is InChI=1S/C16H22F2N2/c1-12-9-20(16(11-19-12)6-2-3-7-16)10-13-4-5-14(17)8-15(13)18/h4-5,8,12,19H,2-3,6-7,9-11H2,1H3. The zero-order chi connectivity index (χ0) is 14.2. The van der Waals surface area contributed by atoms with E-state index in [9.17, 15) is 8.78 Å². The van der Waals surface area contributed by atoms with Crippen molar-refractivity contribution in [3.8, 4) is 0 Å². The second-order valence-electron chi connectivity index (χ2n) is 6.33. The van der Waals surface area contributed by atoms with Gasteiger partial charge in [-0.25, -0.2) is 8.78 Å². The lowest BCUT2D eigenvalue weighted by molar-refractivity contribution is 0.0383. The minimum absolute atomic E-state index is 0.174. The summed E-state index contributed by atoms with van der Waals surface area (Å²) >= 11 is 0. The minimum Gasteiger partial charge on any atom is -0.311 e. The third kappa shape index (κ3) is 2.59. The van der Waals surface area contributed by atoms with Gasteiger partial charge in [-0.15, -0.1) is 0 Å². The average Bonchev–Trinajstić information content (AvgIpc) is 2.87. The largest absolute Gasteiger partial charge is 0.311 e. The van der Waals surface area contributed by atoms with E-state index in [2.05, 4.69) is 17.1 Å². The maximum absolute atomic E-state index is 13.9. The Labute approximate surface area is 119 Å². The summed E-state index contributed by atoms with van der Waals surface area (Å²) < 4.78 is 26.9. The van der Waals surface area contributed by atoms with Gasteiger partial charge in [-0.05, 0) is 25.8 Å². The fourth-order valence-electron chi connectivity index (χ4n) is 3.68. The molecule has 4 heteroatoms. The van der Waals surface area contributed by atoms with Crippen molar-refractivity contribution in [3.05, 3.63) is 35.4 Å². The molecule has 1 unspecified atom stereocenters. The average molecular weight is 280 g/mol. The van der Waals surface area contributed by atoms with Crippen molar-refractivity contribution in [1.82, 2.24) is 10.2 Å². The van der Waals surface area contributed by atoms with Crippen LogP contribution in [0, 0.1) is 11.6 Å². The summed E-state index contributed by atoms with van der Waals surface area (Å²) in [6, 6.07) is 4.35. The zero-order valence-electron chi connectivity index (χ0n) is 12.0. The number of piperazine rings is 1. The fraction of sp³-hybridized carbons (Fsp3) is 0.625. The molecule has 0 aromatic heterocycles. The van der Waals surface area contributed by atoms with E-state index in [0.717, 1.165) is 19.2 Å². The molecule has 20 heavy (non-hydrogen) atoms. The third-order valence-corrected chi connectivity index (χ3v) is 4.86. The van der Waals surface area contributed by atoms with Gasteiger partial charge in [-0.1, -0.05) is 18.9 Å². The van der Waals surface area contributed by atoms with Crippen molar-refractivity contribution in [2.24, 2.45) is 0 Å². The molecule has 0 radical (unpaired) electrons. The van der Waals surface area contributed by atoms with Crippen LogP contribution >= 0.6 is 0 Å². The first-order valence-corrected chi connectivity index (χ1v) is 7.51. The van der Waals surface area contributed by atoms with E-state index >= 15 is 0 Å². The molecule has 2 nitrogen and oxygen atoms in total. The van der Waals surface area contributed by atoms with Crippen LogP contribution in [0.25, 0.3) is 0 Å². The number of benzene rings is 1. The van der Waals surface area contributed by atoms with E-state index in [0.29, 0.717) is 18.2 Å². The number of nitrogens with zero attached hydrogens (tertiary/aromatic N) is 1. The maximum Gasteiger partial charge on any atom is 0.130 e. The Morgan fingerprint density at radius 2 is 2.05 bits per heavy atom. The minimum atomic E-state index is -0.504. The summed E-state index contributed by atoms with van der Waals surface area (Å²) in [5.74, 6) is -0.931. The van der Waals surface area contributed by atoms with Gasteiger partial charge in [0.1, 0.15) is 11.6 Å². The van der Waals surface area contributed by atoms with Crippen LogP contribution in [0.4, 0.5) is 8.78 Å². The van der Waals surface area contributed by atoms with Gasteiger partial charge < -0.3 is 5.32 Å². The van der Waals surface area contributed by atoms with Crippen LogP contribution in [-0.4, -0.2) is 29.6 Å². The first-order valence-electron chi connectivity index (χ1n) is 7.51. The molecule has 1 aromatic rings. The summed E-state index contributed by atoms with van der Waals surface area (Å²) in [5, 5.41) is 3.56. The summed E-state index contributed by atoms with van der Waals surface area (Å²) in [7, 11) is 0. The Morgan fingerprint density at radius 1 is 1.30 bits per heavy atom. The highest BCUT2D eigenvalue weighted by atomic mass is 19.1. The molecule has 0 amide bonds. The molecule has 1 aliphatic carbocycles. The van der Waals surface area contributed by atoms with Crippen LogP contribution in [0.1, 0.15) is 38.2 Å². The Balaban J connectivity index is 1.82. The molecular weight excluding hydrogens is 258 g/mol. The molecule has 110 valence electrons. The molecule has 2 aliphatic rings. The van der Waals surface area contributed by atoms with Gasteiger partial charge in [-0.2, -0.15) is 0 Å². The van der Waals surface area contributed by atoms with Gasteiger partial charge in [0.05, 0.1) is 0 Å². The highest BCUT2D eigenvalue weighted by molar-refractivity contribution is 5.19. The number of hydrogen-bond acceptors (Lipinski definition) is 2. The van der Waals surface area contributed by atoms with Gasteiger partial charge in [0.15, 0.2) is 0 Å². The zero-order valence-corrected chi connectivity index (χ0v) is 12.0. The van der Waals surface area contributed by atoms with E-state index < -0.39 is 11.6 Å². The molecule has 0 bridgehead atoms. The van der Waals surface area contributed by atoms with Gasteiger partial charge >= 0.3 is 0 Å². The molecule has 1 spiro atoms. The van der Waals surface area contributed by atoms with Crippen molar-refractivity contribution in [2.45, 2.75) is 50.7 Å². The first kappa shape index (κ1) is 14.0. The van der Waals surface area contributed by atoms with Crippen molar-refractivity contribution < 1.29 is 8.78 Å². The second kappa shape index (κ2) is 5.41. The van der Waals surface area contributed by atoms with Crippen molar-refractivity contribution >= 4 is 0 Å². The third-order valence-electron chi connectivity index (χ3n) is 4.86. The Kier molecular flexibility index (Phi) is 3.78. The second-order valence-corrected chi connectivity index (χ2v) is 6.33. The fourth-order valence-corrected chi connectivity index (χ4v) is 3.68. The first-order chi connectivity index (χ1) is 9.59. The van der Waals surface area contributed by atoms with E-state index in [-0.39, 0.29) is 5.54 Å². The van der Waals surface area contributed by atoms with Gasteiger partial charge in [0.2, 0.25) is 0 Å².